The number of benzene rings is 1. The average molecular weight is 214 g/mol. The number of hydrogen-bond donors (Lipinski definition) is 1. The van der Waals surface area contributed by atoms with Crippen molar-refractivity contribution in [3.63, 3.8) is 0 Å². The van der Waals surface area contributed by atoms with Gasteiger partial charge in [-0.25, -0.2) is 9.74 Å². The molecule has 0 bridgehead atoms. The van der Waals surface area contributed by atoms with Crippen LogP contribution in [0.1, 0.15) is 10.5 Å². The predicted octanol–water partition coefficient (Wildman–Crippen LogP) is 2.86. The van der Waals surface area contributed by atoms with Crippen molar-refractivity contribution >= 4 is 28.5 Å². The summed E-state index contributed by atoms with van der Waals surface area (Å²) in [5, 5.41) is 1.29. The molecule has 0 unspecified atom stereocenters. The second-order valence-corrected chi connectivity index (χ2v) is 3.22. The molecule has 0 aliphatic rings. The molecule has 0 aliphatic heterocycles. The molecule has 14 heavy (non-hydrogen) atoms. The molecule has 2 rings (SSSR count). The molecule has 0 amide bonds. The number of rotatable bonds is 1. The molecular formula is C9H5ClFNO2. The van der Waals surface area contributed by atoms with Gasteiger partial charge in [0.15, 0.2) is 0 Å². The third-order valence-electron chi connectivity index (χ3n) is 1.87. The zero-order valence-corrected chi connectivity index (χ0v) is 7.64. The lowest BCUT2D eigenvalue weighted by atomic mass is 10.2. The highest BCUT2D eigenvalue weighted by Gasteiger charge is 2.11. The molecule has 1 aromatic carbocycles. The summed E-state index contributed by atoms with van der Waals surface area (Å²) in [5.74, 6) is -1.04. The van der Waals surface area contributed by atoms with Crippen LogP contribution in [0.3, 0.4) is 0 Å². The van der Waals surface area contributed by atoms with Crippen LogP contribution in [0.2, 0.25) is 5.02 Å². The lowest BCUT2D eigenvalue weighted by Crippen LogP contribution is -1.97. The van der Waals surface area contributed by atoms with Crippen molar-refractivity contribution in [2.75, 3.05) is 0 Å². The molecule has 1 N–H and O–H groups in total. The van der Waals surface area contributed by atoms with E-state index in [1.807, 2.05) is 0 Å². The zero-order valence-electron chi connectivity index (χ0n) is 6.88. The van der Waals surface area contributed by atoms with Crippen molar-refractivity contribution in [1.82, 2.24) is 4.98 Å². The molecule has 0 saturated carbocycles. The Morgan fingerprint density at radius 1 is 1.43 bits per heavy atom. The van der Waals surface area contributed by atoms with Gasteiger partial charge in [0.05, 0.1) is 0 Å². The molecule has 3 nitrogen and oxygen atoms in total. The smallest absolute Gasteiger partial charge is 0.349 e. The standard InChI is InChI=1S/C9H5ClFNO2/c10-6-1-2-7-5(3-6)4-8(12-7)9(13)14-11/h1-4,12H. The molecule has 0 saturated heterocycles. The van der Waals surface area contributed by atoms with Gasteiger partial charge >= 0.3 is 5.97 Å². The number of halogens is 2. The molecule has 1 aromatic heterocycles. The fourth-order valence-corrected chi connectivity index (χ4v) is 1.44. The normalized spacial score (nSPS) is 10.4. The Balaban J connectivity index is 2.56. The molecule has 0 spiro atoms. The zero-order chi connectivity index (χ0) is 10.1. The minimum absolute atomic E-state index is 0.0600. The number of nitrogens with one attached hydrogen (secondary N) is 1. The summed E-state index contributed by atoms with van der Waals surface area (Å²) < 4.78 is 11.6. The largest absolute Gasteiger partial charge is 0.395 e. The molecule has 0 fully saturated rings. The van der Waals surface area contributed by atoms with Gasteiger partial charge in [0, 0.05) is 20.5 Å². The van der Waals surface area contributed by atoms with E-state index >= 15 is 0 Å². The molecule has 0 atom stereocenters. The highest BCUT2D eigenvalue weighted by molar-refractivity contribution is 6.31. The van der Waals surface area contributed by atoms with Crippen LogP contribution in [-0.4, -0.2) is 11.0 Å². The quantitative estimate of drug-likeness (QED) is 0.792. The van der Waals surface area contributed by atoms with Crippen LogP contribution in [0.5, 0.6) is 0 Å². The van der Waals surface area contributed by atoms with Crippen LogP contribution >= 0.6 is 11.6 Å². The first-order chi connectivity index (χ1) is 6.70. The highest BCUT2D eigenvalue weighted by atomic mass is 35.5. The van der Waals surface area contributed by atoms with Crippen molar-refractivity contribution < 1.29 is 14.3 Å². The van der Waals surface area contributed by atoms with E-state index in [0.29, 0.717) is 10.5 Å². The summed E-state index contributed by atoms with van der Waals surface area (Å²) >= 11 is 5.74. The van der Waals surface area contributed by atoms with Crippen molar-refractivity contribution in [2.24, 2.45) is 0 Å². The number of aromatic nitrogens is 1. The molecule has 2 aromatic rings. The summed E-state index contributed by atoms with van der Waals surface area (Å²) in [6, 6.07) is 6.52. The first kappa shape index (κ1) is 9.02. The van der Waals surface area contributed by atoms with Crippen LogP contribution in [-0.2, 0) is 4.94 Å². The third-order valence-corrected chi connectivity index (χ3v) is 2.11. The first-order valence-corrected chi connectivity index (χ1v) is 4.19. The van der Waals surface area contributed by atoms with Crippen LogP contribution < -0.4 is 0 Å². The fraction of sp³-hybridized carbons (Fsp3) is 0. The van der Waals surface area contributed by atoms with E-state index in [-0.39, 0.29) is 5.69 Å². The number of carbonyl (C=O) groups excluding carboxylic acids is 1. The Kier molecular flexibility index (Phi) is 2.13. The first-order valence-electron chi connectivity index (χ1n) is 3.82. The van der Waals surface area contributed by atoms with E-state index in [9.17, 15) is 9.32 Å². The minimum Gasteiger partial charge on any atom is -0.349 e. The minimum atomic E-state index is -1.04. The maximum Gasteiger partial charge on any atom is 0.395 e. The van der Waals surface area contributed by atoms with E-state index < -0.39 is 5.97 Å². The van der Waals surface area contributed by atoms with E-state index in [1.54, 1.807) is 18.2 Å². The summed E-state index contributed by atoms with van der Waals surface area (Å²) in [6.45, 7) is 0. The Morgan fingerprint density at radius 2 is 2.21 bits per heavy atom. The third kappa shape index (κ3) is 1.44. The van der Waals surface area contributed by atoms with Gasteiger partial charge < -0.3 is 4.98 Å². The van der Waals surface area contributed by atoms with Gasteiger partial charge in [-0.05, 0) is 24.3 Å². The van der Waals surface area contributed by atoms with Crippen LogP contribution in [0, 0.1) is 0 Å². The SMILES string of the molecule is O=C(OF)c1cc2cc(Cl)ccc2[nH]1. The maximum absolute atomic E-state index is 11.6. The summed E-state index contributed by atoms with van der Waals surface area (Å²) in [7, 11) is 0. The van der Waals surface area contributed by atoms with Crippen molar-refractivity contribution in [3.8, 4) is 0 Å². The second-order valence-electron chi connectivity index (χ2n) is 2.78. The highest BCUT2D eigenvalue weighted by Crippen LogP contribution is 2.20. The van der Waals surface area contributed by atoms with Crippen molar-refractivity contribution in [3.05, 3.63) is 35.0 Å². The maximum atomic E-state index is 11.6. The average Bonchev–Trinajstić information content (AvgIpc) is 2.59. The van der Waals surface area contributed by atoms with Gasteiger partial charge in [0.1, 0.15) is 5.69 Å². The van der Waals surface area contributed by atoms with Crippen molar-refractivity contribution in [1.29, 1.82) is 0 Å². The van der Waals surface area contributed by atoms with Gasteiger partial charge in [0.25, 0.3) is 0 Å². The van der Waals surface area contributed by atoms with Crippen molar-refractivity contribution in [2.45, 2.75) is 0 Å². The molecule has 1 heterocycles. The van der Waals surface area contributed by atoms with E-state index in [2.05, 4.69) is 9.93 Å². The van der Waals surface area contributed by atoms with Crippen LogP contribution in [0.4, 0.5) is 4.53 Å². The van der Waals surface area contributed by atoms with Crippen LogP contribution in [0.25, 0.3) is 10.9 Å². The lowest BCUT2D eigenvalue weighted by molar-refractivity contribution is -0.0792. The number of fused-ring (bicyclic) bond motifs is 1. The van der Waals surface area contributed by atoms with Crippen LogP contribution in [0.15, 0.2) is 24.3 Å². The number of hydrogen-bond acceptors (Lipinski definition) is 2. The van der Waals surface area contributed by atoms with E-state index in [4.69, 9.17) is 11.6 Å². The number of carbonyl (C=O) groups is 1. The van der Waals surface area contributed by atoms with E-state index in [0.717, 1.165) is 5.39 Å². The second kappa shape index (κ2) is 3.31. The molecule has 5 heteroatoms. The Hall–Kier alpha value is -1.55. The molecule has 0 radical (unpaired) electrons. The Labute approximate surface area is 83.3 Å². The summed E-state index contributed by atoms with van der Waals surface area (Å²) in [4.78, 5) is 16.6. The van der Waals surface area contributed by atoms with Gasteiger partial charge in [-0.2, -0.15) is 0 Å². The van der Waals surface area contributed by atoms with Gasteiger partial charge in [-0.3, -0.25) is 0 Å². The Morgan fingerprint density at radius 3 is 2.93 bits per heavy atom. The van der Waals surface area contributed by atoms with Gasteiger partial charge in [-0.1, -0.05) is 11.6 Å². The van der Waals surface area contributed by atoms with Gasteiger partial charge in [-0.15, -0.1) is 0 Å². The monoisotopic (exact) mass is 213 g/mol. The predicted molar refractivity (Wildman–Crippen MR) is 49.8 cm³/mol. The summed E-state index contributed by atoms with van der Waals surface area (Å²) in [5.41, 5.74) is 0.763. The van der Waals surface area contributed by atoms with E-state index in [1.165, 1.54) is 6.07 Å². The molecule has 72 valence electrons. The van der Waals surface area contributed by atoms with Gasteiger partial charge in [0.2, 0.25) is 0 Å². The lowest BCUT2D eigenvalue weighted by Gasteiger charge is -1.88. The molecular weight excluding hydrogens is 209 g/mol. The Bertz CT molecular complexity index is 495. The topological polar surface area (TPSA) is 42.1 Å². The summed E-state index contributed by atoms with van der Waals surface area (Å²) in [6.07, 6.45) is 0. The molecule has 0 aliphatic carbocycles. The number of aromatic amines is 1. The fourth-order valence-electron chi connectivity index (χ4n) is 1.26. The number of H-pyrrole nitrogens is 1.